The molecule has 1 aliphatic rings. The normalized spacial score (nSPS) is 16.5. The first-order chi connectivity index (χ1) is 12.5. The zero-order chi connectivity index (χ0) is 18.7. The second-order valence-electron chi connectivity index (χ2n) is 6.78. The highest BCUT2D eigenvalue weighted by molar-refractivity contribution is 7.99. The Morgan fingerprint density at radius 1 is 1.42 bits per heavy atom. The highest BCUT2D eigenvalue weighted by Crippen LogP contribution is 2.37. The van der Waals surface area contributed by atoms with Gasteiger partial charge in [-0.25, -0.2) is 4.98 Å². The SMILES string of the molecule is COc1cccc(Sc2cnc(N3CCC(C)(CN)CC3)c(=O)[nH]2)c1Cl. The highest BCUT2D eigenvalue weighted by atomic mass is 35.5. The van der Waals surface area contributed by atoms with Gasteiger partial charge in [-0.1, -0.05) is 36.4 Å². The minimum atomic E-state index is -0.189. The fraction of sp³-hybridized carbons (Fsp3) is 0.444. The molecule has 3 rings (SSSR count). The van der Waals surface area contributed by atoms with Crippen LogP contribution in [-0.4, -0.2) is 36.7 Å². The van der Waals surface area contributed by atoms with Gasteiger partial charge in [-0.3, -0.25) is 4.79 Å². The van der Waals surface area contributed by atoms with E-state index in [9.17, 15) is 4.79 Å². The molecule has 0 aliphatic carbocycles. The van der Waals surface area contributed by atoms with Crippen LogP contribution in [0.2, 0.25) is 5.02 Å². The lowest BCUT2D eigenvalue weighted by Crippen LogP contribution is -2.44. The van der Waals surface area contributed by atoms with E-state index < -0.39 is 0 Å². The van der Waals surface area contributed by atoms with Crippen LogP contribution in [0.3, 0.4) is 0 Å². The molecule has 1 aromatic heterocycles. The molecule has 0 bridgehead atoms. The molecule has 0 atom stereocenters. The number of benzene rings is 1. The van der Waals surface area contributed by atoms with Crippen LogP contribution in [0.1, 0.15) is 19.8 Å². The quantitative estimate of drug-likeness (QED) is 0.810. The zero-order valence-electron chi connectivity index (χ0n) is 14.9. The average molecular weight is 395 g/mol. The summed E-state index contributed by atoms with van der Waals surface area (Å²) in [6.07, 6.45) is 3.59. The Labute approximate surface area is 162 Å². The van der Waals surface area contributed by atoms with E-state index in [0.717, 1.165) is 30.8 Å². The third-order valence-corrected chi connectivity index (χ3v) is 6.36. The van der Waals surface area contributed by atoms with Gasteiger partial charge in [-0.05, 0) is 36.9 Å². The van der Waals surface area contributed by atoms with Gasteiger partial charge in [-0.2, -0.15) is 0 Å². The molecule has 6 nitrogen and oxygen atoms in total. The second kappa shape index (κ2) is 7.90. The number of nitrogens with one attached hydrogen (secondary N) is 1. The summed E-state index contributed by atoms with van der Waals surface area (Å²) in [4.78, 5) is 22.6. The van der Waals surface area contributed by atoms with Crippen LogP contribution in [0.25, 0.3) is 0 Å². The number of H-pyrrole nitrogens is 1. The van der Waals surface area contributed by atoms with Gasteiger partial charge < -0.3 is 20.4 Å². The van der Waals surface area contributed by atoms with Gasteiger partial charge >= 0.3 is 0 Å². The molecule has 1 fully saturated rings. The first-order valence-electron chi connectivity index (χ1n) is 8.50. The number of hydrogen-bond donors (Lipinski definition) is 2. The molecule has 1 aromatic carbocycles. The number of aromatic nitrogens is 2. The van der Waals surface area contributed by atoms with Crippen molar-refractivity contribution in [1.29, 1.82) is 0 Å². The molecule has 0 amide bonds. The maximum atomic E-state index is 12.5. The third kappa shape index (κ3) is 4.00. The fourth-order valence-electron chi connectivity index (χ4n) is 2.96. The van der Waals surface area contributed by atoms with Crippen molar-refractivity contribution in [2.24, 2.45) is 11.1 Å². The van der Waals surface area contributed by atoms with Crippen LogP contribution < -0.4 is 20.9 Å². The van der Waals surface area contributed by atoms with Crippen molar-refractivity contribution < 1.29 is 4.74 Å². The Hall–Kier alpha value is -1.70. The molecular weight excluding hydrogens is 372 g/mol. The second-order valence-corrected chi connectivity index (χ2v) is 8.24. The van der Waals surface area contributed by atoms with E-state index in [1.807, 2.05) is 17.0 Å². The summed E-state index contributed by atoms with van der Waals surface area (Å²) >= 11 is 7.67. The topological polar surface area (TPSA) is 84.2 Å². The number of anilines is 1. The summed E-state index contributed by atoms with van der Waals surface area (Å²) in [6.45, 7) is 4.44. The predicted molar refractivity (Wildman–Crippen MR) is 106 cm³/mol. The number of hydrogen-bond acceptors (Lipinski definition) is 6. The van der Waals surface area contributed by atoms with E-state index in [4.69, 9.17) is 22.1 Å². The van der Waals surface area contributed by atoms with Gasteiger partial charge in [0.15, 0.2) is 5.82 Å². The maximum Gasteiger partial charge on any atom is 0.291 e. The van der Waals surface area contributed by atoms with Gasteiger partial charge in [-0.15, -0.1) is 0 Å². The summed E-state index contributed by atoms with van der Waals surface area (Å²) in [5.74, 6) is 1.06. The Morgan fingerprint density at radius 3 is 2.77 bits per heavy atom. The van der Waals surface area contributed by atoms with E-state index in [0.29, 0.717) is 28.2 Å². The molecule has 8 heteroatoms. The summed E-state index contributed by atoms with van der Waals surface area (Å²) in [7, 11) is 1.57. The van der Waals surface area contributed by atoms with Crippen molar-refractivity contribution in [3.63, 3.8) is 0 Å². The summed E-state index contributed by atoms with van der Waals surface area (Å²) in [5.41, 5.74) is 5.82. The predicted octanol–water partition coefficient (Wildman–Crippen LogP) is 3.15. The number of nitrogens with two attached hydrogens (primary N) is 1. The monoisotopic (exact) mass is 394 g/mol. The number of rotatable bonds is 5. The van der Waals surface area contributed by atoms with Gasteiger partial charge in [0.1, 0.15) is 5.75 Å². The fourth-order valence-corrected chi connectivity index (χ4v) is 4.11. The van der Waals surface area contributed by atoms with Gasteiger partial charge in [0.25, 0.3) is 5.56 Å². The third-order valence-electron chi connectivity index (χ3n) is 4.87. The molecule has 0 radical (unpaired) electrons. The molecule has 2 aromatic rings. The summed E-state index contributed by atoms with van der Waals surface area (Å²) in [6, 6.07) is 5.52. The standard InChI is InChI=1S/C18H23ClN4O2S/c1-18(11-20)6-8-23(9-7-18)16-17(24)22-14(10-21-16)26-13-5-3-4-12(25-2)15(13)19/h3-5,10H,6-9,11,20H2,1-2H3,(H,22,24). The van der Waals surface area contributed by atoms with Crippen molar-refractivity contribution in [3.8, 4) is 5.75 Å². The lowest BCUT2D eigenvalue weighted by Gasteiger charge is -2.38. The van der Waals surface area contributed by atoms with Crippen LogP contribution in [0.4, 0.5) is 5.82 Å². The first kappa shape index (κ1) is 19.1. The van der Waals surface area contributed by atoms with Crippen molar-refractivity contribution in [3.05, 3.63) is 39.8 Å². The van der Waals surface area contributed by atoms with E-state index in [1.54, 1.807) is 19.4 Å². The summed E-state index contributed by atoms with van der Waals surface area (Å²) < 4.78 is 5.22. The molecule has 26 heavy (non-hydrogen) atoms. The molecule has 0 unspecified atom stereocenters. The van der Waals surface area contributed by atoms with Crippen LogP contribution >= 0.6 is 23.4 Å². The number of ether oxygens (including phenoxy) is 1. The maximum absolute atomic E-state index is 12.5. The summed E-state index contributed by atoms with van der Waals surface area (Å²) in [5, 5.41) is 1.15. The number of methoxy groups -OCH3 is 1. The molecule has 2 heterocycles. The Kier molecular flexibility index (Phi) is 5.79. The molecular formula is C18H23ClN4O2S. The number of nitrogens with zero attached hydrogens (tertiary/aromatic N) is 2. The van der Waals surface area contributed by atoms with E-state index in [2.05, 4.69) is 16.9 Å². The van der Waals surface area contributed by atoms with Gasteiger partial charge in [0.05, 0.1) is 23.4 Å². The lowest BCUT2D eigenvalue weighted by molar-refractivity contribution is 0.257. The highest BCUT2D eigenvalue weighted by Gasteiger charge is 2.30. The largest absolute Gasteiger partial charge is 0.495 e. The molecule has 0 saturated carbocycles. The Morgan fingerprint density at radius 2 is 2.15 bits per heavy atom. The van der Waals surface area contributed by atoms with Crippen molar-refractivity contribution in [1.82, 2.24) is 9.97 Å². The molecule has 3 N–H and O–H groups in total. The first-order valence-corrected chi connectivity index (χ1v) is 9.70. The lowest BCUT2D eigenvalue weighted by atomic mass is 9.80. The number of piperidine rings is 1. The molecule has 1 aliphatic heterocycles. The van der Waals surface area contributed by atoms with Gasteiger partial charge in [0, 0.05) is 18.0 Å². The zero-order valence-corrected chi connectivity index (χ0v) is 16.5. The van der Waals surface area contributed by atoms with Crippen molar-refractivity contribution in [2.75, 3.05) is 31.6 Å². The van der Waals surface area contributed by atoms with Gasteiger partial charge in [0.2, 0.25) is 0 Å². The van der Waals surface area contributed by atoms with E-state index >= 15 is 0 Å². The minimum Gasteiger partial charge on any atom is -0.495 e. The number of aromatic amines is 1. The van der Waals surface area contributed by atoms with Crippen molar-refractivity contribution >= 4 is 29.2 Å². The smallest absolute Gasteiger partial charge is 0.291 e. The molecule has 1 saturated heterocycles. The molecule has 0 spiro atoms. The van der Waals surface area contributed by atoms with Crippen LogP contribution in [0.15, 0.2) is 39.1 Å². The minimum absolute atomic E-state index is 0.155. The molecule has 140 valence electrons. The average Bonchev–Trinajstić information content (AvgIpc) is 2.65. The Balaban J connectivity index is 1.76. The Bertz CT molecular complexity index is 834. The number of halogens is 1. The van der Waals surface area contributed by atoms with E-state index in [-0.39, 0.29) is 11.0 Å². The van der Waals surface area contributed by atoms with Crippen LogP contribution in [0, 0.1) is 5.41 Å². The van der Waals surface area contributed by atoms with E-state index in [1.165, 1.54) is 11.8 Å². The van der Waals surface area contributed by atoms with Crippen molar-refractivity contribution in [2.45, 2.75) is 29.7 Å². The van der Waals surface area contributed by atoms with Crippen LogP contribution in [0.5, 0.6) is 5.75 Å². The van der Waals surface area contributed by atoms with Crippen LogP contribution in [-0.2, 0) is 0 Å².